The van der Waals surface area contributed by atoms with Gasteiger partial charge in [-0.15, -0.1) is 11.8 Å². The fourth-order valence-corrected chi connectivity index (χ4v) is 3.83. The Labute approximate surface area is 180 Å². The van der Waals surface area contributed by atoms with Crippen molar-refractivity contribution in [1.82, 2.24) is 10.2 Å². The van der Waals surface area contributed by atoms with E-state index < -0.39 is 11.9 Å². The molecule has 0 aliphatic heterocycles. The van der Waals surface area contributed by atoms with E-state index >= 15 is 0 Å². The molecule has 1 atom stereocenters. The lowest BCUT2D eigenvalue weighted by atomic mass is 10.1. The van der Waals surface area contributed by atoms with Crippen LogP contribution in [0.4, 0.5) is 4.39 Å². The lowest BCUT2D eigenvalue weighted by Gasteiger charge is -2.29. The number of halogens is 2. The average Bonchev–Trinajstić information content (AvgIpc) is 2.71. The van der Waals surface area contributed by atoms with E-state index in [9.17, 15) is 14.0 Å². The first-order chi connectivity index (χ1) is 13.9. The molecular weight excluding hydrogens is 411 g/mol. The van der Waals surface area contributed by atoms with E-state index in [1.807, 2.05) is 25.1 Å². The van der Waals surface area contributed by atoms with Crippen LogP contribution in [0.15, 0.2) is 48.5 Å². The molecule has 1 N–H and O–H groups in total. The van der Waals surface area contributed by atoms with Crippen LogP contribution in [0.5, 0.6) is 0 Å². The maximum absolute atomic E-state index is 14.1. The van der Waals surface area contributed by atoms with E-state index in [0.29, 0.717) is 22.9 Å². The normalized spacial score (nSPS) is 11.7. The Balaban J connectivity index is 2.07. The standard InChI is InChI=1S/C22H26ClFN2O2S/c1-3-11-25-22(28)16(2)26(13-18-8-4-5-10-20(18)24)21(27)15-29-14-17-7-6-9-19(23)12-17/h4-10,12,16H,3,11,13-15H2,1-2H3,(H,25,28)/t16-/m1/s1. The van der Waals surface area contributed by atoms with Crippen LogP contribution in [0.3, 0.4) is 0 Å². The van der Waals surface area contributed by atoms with Crippen molar-refractivity contribution in [3.8, 4) is 0 Å². The van der Waals surface area contributed by atoms with Crippen molar-refractivity contribution < 1.29 is 14.0 Å². The first-order valence-corrected chi connectivity index (χ1v) is 11.1. The molecular formula is C22H26ClFN2O2S. The molecule has 2 aromatic rings. The topological polar surface area (TPSA) is 49.4 Å². The lowest BCUT2D eigenvalue weighted by Crippen LogP contribution is -2.48. The summed E-state index contributed by atoms with van der Waals surface area (Å²) in [6.07, 6.45) is 0.801. The largest absolute Gasteiger partial charge is 0.354 e. The summed E-state index contributed by atoms with van der Waals surface area (Å²) in [5, 5.41) is 3.46. The third-order valence-electron chi connectivity index (χ3n) is 4.40. The summed E-state index contributed by atoms with van der Waals surface area (Å²) in [7, 11) is 0. The number of hydrogen-bond acceptors (Lipinski definition) is 3. The van der Waals surface area contributed by atoms with Crippen molar-refractivity contribution in [2.45, 2.75) is 38.6 Å². The zero-order valence-corrected chi connectivity index (χ0v) is 18.2. The molecule has 0 bridgehead atoms. The van der Waals surface area contributed by atoms with E-state index in [-0.39, 0.29) is 24.1 Å². The third kappa shape index (κ3) is 7.37. The second-order valence-electron chi connectivity index (χ2n) is 6.70. The molecule has 4 nitrogen and oxygen atoms in total. The van der Waals surface area contributed by atoms with E-state index in [2.05, 4.69) is 5.32 Å². The fourth-order valence-electron chi connectivity index (χ4n) is 2.75. The summed E-state index contributed by atoms with van der Waals surface area (Å²) in [6.45, 7) is 4.21. The minimum absolute atomic E-state index is 0.0456. The molecule has 0 radical (unpaired) electrons. The van der Waals surface area contributed by atoms with Crippen LogP contribution in [-0.4, -0.2) is 35.1 Å². The first-order valence-electron chi connectivity index (χ1n) is 9.55. The van der Waals surface area contributed by atoms with Crippen LogP contribution in [-0.2, 0) is 21.9 Å². The van der Waals surface area contributed by atoms with Crippen LogP contribution in [0.25, 0.3) is 0 Å². The molecule has 7 heteroatoms. The predicted molar refractivity (Wildman–Crippen MR) is 117 cm³/mol. The molecule has 0 saturated heterocycles. The third-order valence-corrected chi connectivity index (χ3v) is 5.62. The van der Waals surface area contributed by atoms with Gasteiger partial charge < -0.3 is 10.2 Å². The zero-order chi connectivity index (χ0) is 21.2. The molecule has 0 aliphatic rings. The number of benzene rings is 2. The van der Waals surface area contributed by atoms with Crippen molar-refractivity contribution in [3.05, 3.63) is 70.5 Å². The SMILES string of the molecule is CCCNC(=O)[C@@H](C)N(Cc1ccccc1F)C(=O)CSCc1cccc(Cl)c1. The maximum atomic E-state index is 14.1. The number of carbonyl (C=O) groups is 2. The van der Waals surface area contributed by atoms with Gasteiger partial charge in [0.25, 0.3) is 0 Å². The molecule has 2 aromatic carbocycles. The van der Waals surface area contributed by atoms with Gasteiger partial charge in [0.05, 0.1) is 5.75 Å². The van der Waals surface area contributed by atoms with E-state index in [1.165, 1.54) is 22.7 Å². The van der Waals surface area contributed by atoms with Gasteiger partial charge in [-0.1, -0.05) is 48.9 Å². The van der Waals surface area contributed by atoms with Gasteiger partial charge in [0.15, 0.2) is 0 Å². The summed E-state index contributed by atoms with van der Waals surface area (Å²) in [5.41, 5.74) is 1.40. The summed E-state index contributed by atoms with van der Waals surface area (Å²) in [6, 6.07) is 13.1. The Bertz CT molecular complexity index is 834. The molecule has 0 heterocycles. The Morgan fingerprint density at radius 2 is 1.97 bits per heavy atom. The first kappa shape index (κ1) is 23.2. The van der Waals surface area contributed by atoms with Crippen LogP contribution in [0.2, 0.25) is 5.02 Å². The van der Waals surface area contributed by atoms with Crippen molar-refractivity contribution in [1.29, 1.82) is 0 Å². The van der Waals surface area contributed by atoms with Gasteiger partial charge in [-0.05, 0) is 37.1 Å². The van der Waals surface area contributed by atoms with Crippen LogP contribution >= 0.6 is 23.4 Å². The number of nitrogens with one attached hydrogen (secondary N) is 1. The van der Waals surface area contributed by atoms with E-state index in [1.54, 1.807) is 31.2 Å². The van der Waals surface area contributed by atoms with Crippen molar-refractivity contribution in [3.63, 3.8) is 0 Å². The number of hydrogen-bond donors (Lipinski definition) is 1. The summed E-state index contributed by atoms with van der Waals surface area (Å²) < 4.78 is 14.1. The van der Waals surface area contributed by atoms with Crippen LogP contribution < -0.4 is 5.32 Å². The molecule has 156 valence electrons. The Morgan fingerprint density at radius 1 is 1.21 bits per heavy atom. The van der Waals surface area contributed by atoms with Gasteiger partial charge in [-0.25, -0.2) is 4.39 Å². The Hall–Kier alpha value is -2.05. The second-order valence-corrected chi connectivity index (χ2v) is 8.12. The number of nitrogens with zero attached hydrogens (tertiary/aromatic N) is 1. The van der Waals surface area contributed by atoms with Crippen molar-refractivity contribution in [2.75, 3.05) is 12.3 Å². The quantitative estimate of drug-likeness (QED) is 0.589. The van der Waals surface area contributed by atoms with E-state index in [0.717, 1.165) is 12.0 Å². The number of thioether (sulfide) groups is 1. The van der Waals surface area contributed by atoms with Gasteiger partial charge >= 0.3 is 0 Å². The maximum Gasteiger partial charge on any atom is 0.242 e. The van der Waals surface area contributed by atoms with Gasteiger partial charge in [0.1, 0.15) is 11.9 Å². The van der Waals surface area contributed by atoms with Gasteiger partial charge in [0.2, 0.25) is 11.8 Å². The highest BCUT2D eigenvalue weighted by Gasteiger charge is 2.26. The Morgan fingerprint density at radius 3 is 2.66 bits per heavy atom. The molecule has 29 heavy (non-hydrogen) atoms. The number of amides is 2. The predicted octanol–water partition coefficient (Wildman–Crippen LogP) is 4.66. The van der Waals surface area contributed by atoms with Gasteiger partial charge in [-0.3, -0.25) is 9.59 Å². The molecule has 0 spiro atoms. The molecule has 0 aromatic heterocycles. The molecule has 0 fully saturated rings. The molecule has 0 saturated carbocycles. The monoisotopic (exact) mass is 436 g/mol. The molecule has 0 aliphatic carbocycles. The van der Waals surface area contributed by atoms with Crippen molar-refractivity contribution >= 4 is 35.2 Å². The zero-order valence-electron chi connectivity index (χ0n) is 16.7. The number of rotatable bonds is 10. The number of carbonyl (C=O) groups excluding carboxylic acids is 2. The second kappa shape index (κ2) is 11.8. The van der Waals surface area contributed by atoms with E-state index in [4.69, 9.17) is 11.6 Å². The van der Waals surface area contributed by atoms with Crippen LogP contribution in [0, 0.1) is 5.82 Å². The summed E-state index contributed by atoms with van der Waals surface area (Å²) >= 11 is 7.43. The fraction of sp³-hybridized carbons (Fsp3) is 0.364. The van der Waals surface area contributed by atoms with Gasteiger partial charge in [0, 0.05) is 29.4 Å². The highest BCUT2D eigenvalue weighted by atomic mass is 35.5. The molecule has 2 rings (SSSR count). The van der Waals surface area contributed by atoms with Crippen molar-refractivity contribution in [2.24, 2.45) is 0 Å². The highest BCUT2D eigenvalue weighted by molar-refractivity contribution is 7.99. The molecule has 2 amide bonds. The van der Waals surface area contributed by atoms with Gasteiger partial charge in [-0.2, -0.15) is 0 Å². The molecule has 0 unspecified atom stereocenters. The minimum atomic E-state index is -0.694. The summed E-state index contributed by atoms with van der Waals surface area (Å²) in [5.74, 6) is -0.0309. The summed E-state index contributed by atoms with van der Waals surface area (Å²) in [4.78, 5) is 26.8. The minimum Gasteiger partial charge on any atom is -0.354 e. The van der Waals surface area contributed by atoms with Crippen LogP contribution in [0.1, 0.15) is 31.4 Å². The average molecular weight is 437 g/mol. The smallest absolute Gasteiger partial charge is 0.242 e. The lowest BCUT2D eigenvalue weighted by molar-refractivity contribution is -0.138. The Kier molecular flexibility index (Phi) is 9.48. The highest BCUT2D eigenvalue weighted by Crippen LogP contribution is 2.19.